The van der Waals surface area contributed by atoms with Crippen molar-refractivity contribution in [1.29, 1.82) is 0 Å². The Hall–Kier alpha value is -1.42. The molecular formula is C12H15FN2O. The van der Waals surface area contributed by atoms with Crippen LogP contribution in [0, 0.1) is 5.82 Å². The van der Waals surface area contributed by atoms with Gasteiger partial charge in [0.05, 0.1) is 5.69 Å². The minimum atomic E-state index is -0.298. The number of amides is 1. The number of anilines is 1. The molecule has 16 heavy (non-hydrogen) atoms. The summed E-state index contributed by atoms with van der Waals surface area (Å²) in [5, 5.41) is 2.92. The molecule has 4 heteroatoms. The van der Waals surface area contributed by atoms with Crippen LogP contribution in [-0.2, 0) is 11.2 Å². The van der Waals surface area contributed by atoms with E-state index in [1.54, 1.807) is 18.0 Å². The fourth-order valence-corrected chi connectivity index (χ4v) is 2.02. The van der Waals surface area contributed by atoms with Crippen molar-refractivity contribution >= 4 is 11.6 Å². The van der Waals surface area contributed by atoms with Crippen LogP contribution < -0.4 is 10.2 Å². The first-order chi connectivity index (χ1) is 7.74. The molecule has 0 aromatic heterocycles. The van der Waals surface area contributed by atoms with E-state index in [2.05, 4.69) is 5.32 Å². The SMILES string of the molecule is CNCCC(=O)N1CCc2cccc(F)c21. The van der Waals surface area contributed by atoms with E-state index in [0.29, 0.717) is 25.2 Å². The van der Waals surface area contributed by atoms with E-state index < -0.39 is 0 Å². The summed E-state index contributed by atoms with van der Waals surface area (Å²) >= 11 is 0. The zero-order chi connectivity index (χ0) is 11.5. The van der Waals surface area contributed by atoms with Crippen molar-refractivity contribution < 1.29 is 9.18 Å². The van der Waals surface area contributed by atoms with Gasteiger partial charge >= 0.3 is 0 Å². The molecule has 1 aliphatic rings. The third-order valence-electron chi connectivity index (χ3n) is 2.83. The summed E-state index contributed by atoms with van der Waals surface area (Å²) in [5.74, 6) is -0.314. The molecule has 1 N–H and O–H groups in total. The largest absolute Gasteiger partial charge is 0.319 e. The maximum atomic E-state index is 13.6. The number of halogens is 1. The molecule has 0 atom stereocenters. The molecule has 1 aliphatic heterocycles. The number of nitrogens with zero attached hydrogens (tertiary/aromatic N) is 1. The van der Waals surface area contributed by atoms with E-state index >= 15 is 0 Å². The van der Waals surface area contributed by atoms with Crippen molar-refractivity contribution in [3.05, 3.63) is 29.6 Å². The molecular weight excluding hydrogens is 207 g/mol. The number of fused-ring (bicyclic) bond motifs is 1. The summed E-state index contributed by atoms with van der Waals surface area (Å²) in [4.78, 5) is 13.4. The summed E-state index contributed by atoms with van der Waals surface area (Å²) in [6, 6.07) is 4.97. The summed E-state index contributed by atoms with van der Waals surface area (Å²) in [5.41, 5.74) is 1.40. The summed E-state index contributed by atoms with van der Waals surface area (Å²) in [7, 11) is 1.80. The highest BCUT2D eigenvalue weighted by Crippen LogP contribution is 2.30. The molecule has 0 fully saturated rings. The van der Waals surface area contributed by atoms with Crippen LogP contribution in [0.2, 0.25) is 0 Å². The number of carbonyl (C=O) groups excluding carboxylic acids is 1. The normalized spacial score (nSPS) is 14.0. The predicted molar refractivity (Wildman–Crippen MR) is 61.0 cm³/mol. The molecule has 0 spiro atoms. The predicted octanol–water partition coefficient (Wildman–Crippen LogP) is 1.32. The maximum absolute atomic E-state index is 13.6. The Morgan fingerprint density at radius 2 is 2.38 bits per heavy atom. The van der Waals surface area contributed by atoms with Crippen molar-refractivity contribution in [2.75, 3.05) is 25.0 Å². The van der Waals surface area contributed by atoms with E-state index in [4.69, 9.17) is 0 Å². The van der Waals surface area contributed by atoms with E-state index in [9.17, 15) is 9.18 Å². The number of hydrogen-bond donors (Lipinski definition) is 1. The number of para-hydroxylation sites is 1. The van der Waals surface area contributed by atoms with Crippen LogP contribution in [-0.4, -0.2) is 26.0 Å². The van der Waals surface area contributed by atoms with Crippen LogP contribution in [0.1, 0.15) is 12.0 Å². The van der Waals surface area contributed by atoms with Crippen molar-refractivity contribution in [2.45, 2.75) is 12.8 Å². The van der Waals surface area contributed by atoms with Crippen LogP contribution in [0.15, 0.2) is 18.2 Å². The fourth-order valence-electron chi connectivity index (χ4n) is 2.02. The quantitative estimate of drug-likeness (QED) is 0.836. The van der Waals surface area contributed by atoms with E-state index in [1.165, 1.54) is 6.07 Å². The van der Waals surface area contributed by atoms with E-state index in [-0.39, 0.29) is 11.7 Å². The number of nitrogens with one attached hydrogen (secondary N) is 1. The lowest BCUT2D eigenvalue weighted by atomic mass is 10.1. The van der Waals surface area contributed by atoms with E-state index in [0.717, 1.165) is 12.0 Å². The Labute approximate surface area is 94.3 Å². The molecule has 1 heterocycles. The summed E-state index contributed by atoms with van der Waals surface area (Å²) in [6.45, 7) is 1.22. The van der Waals surface area contributed by atoms with Gasteiger partial charge in [-0.3, -0.25) is 4.79 Å². The highest BCUT2D eigenvalue weighted by Gasteiger charge is 2.26. The molecule has 86 valence electrons. The van der Waals surface area contributed by atoms with Gasteiger partial charge in [-0.2, -0.15) is 0 Å². The Balaban J connectivity index is 2.19. The van der Waals surface area contributed by atoms with Gasteiger partial charge in [-0.05, 0) is 25.1 Å². The van der Waals surface area contributed by atoms with Gasteiger partial charge in [-0.1, -0.05) is 12.1 Å². The minimum absolute atomic E-state index is 0.0156. The summed E-state index contributed by atoms with van der Waals surface area (Å²) in [6.07, 6.45) is 1.16. The van der Waals surface area contributed by atoms with Crippen molar-refractivity contribution in [3.8, 4) is 0 Å². The number of benzene rings is 1. The van der Waals surface area contributed by atoms with Crippen LogP contribution in [0.3, 0.4) is 0 Å². The number of carbonyl (C=O) groups is 1. The third-order valence-corrected chi connectivity index (χ3v) is 2.83. The second-order valence-corrected chi connectivity index (χ2v) is 3.90. The van der Waals surface area contributed by atoms with E-state index in [1.807, 2.05) is 6.07 Å². The molecule has 0 saturated heterocycles. The van der Waals surface area contributed by atoms with Crippen molar-refractivity contribution in [1.82, 2.24) is 5.32 Å². The van der Waals surface area contributed by atoms with Crippen LogP contribution in [0.25, 0.3) is 0 Å². The molecule has 0 aliphatic carbocycles. The molecule has 0 bridgehead atoms. The average molecular weight is 222 g/mol. The Bertz CT molecular complexity index is 406. The smallest absolute Gasteiger partial charge is 0.228 e. The Morgan fingerprint density at radius 3 is 3.12 bits per heavy atom. The lowest BCUT2D eigenvalue weighted by Crippen LogP contribution is -2.31. The molecule has 1 aromatic rings. The second kappa shape index (κ2) is 4.61. The van der Waals surface area contributed by atoms with Gasteiger partial charge in [0.25, 0.3) is 0 Å². The molecule has 1 aromatic carbocycles. The van der Waals surface area contributed by atoms with Gasteiger partial charge in [0.1, 0.15) is 5.82 Å². The van der Waals surface area contributed by atoms with Gasteiger partial charge in [0.2, 0.25) is 5.91 Å². The molecule has 0 unspecified atom stereocenters. The topological polar surface area (TPSA) is 32.3 Å². The fraction of sp³-hybridized carbons (Fsp3) is 0.417. The summed E-state index contributed by atoms with van der Waals surface area (Å²) < 4.78 is 13.6. The first-order valence-corrected chi connectivity index (χ1v) is 5.46. The molecule has 0 radical (unpaired) electrons. The first-order valence-electron chi connectivity index (χ1n) is 5.46. The average Bonchev–Trinajstić information content (AvgIpc) is 2.71. The molecule has 1 amide bonds. The highest BCUT2D eigenvalue weighted by atomic mass is 19.1. The lowest BCUT2D eigenvalue weighted by Gasteiger charge is -2.17. The monoisotopic (exact) mass is 222 g/mol. The third kappa shape index (κ3) is 1.93. The second-order valence-electron chi connectivity index (χ2n) is 3.90. The van der Waals surface area contributed by atoms with Gasteiger partial charge in [-0.15, -0.1) is 0 Å². The lowest BCUT2D eigenvalue weighted by molar-refractivity contribution is -0.118. The number of rotatable bonds is 3. The van der Waals surface area contributed by atoms with Gasteiger partial charge in [-0.25, -0.2) is 4.39 Å². The van der Waals surface area contributed by atoms with Crippen molar-refractivity contribution in [3.63, 3.8) is 0 Å². The maximum Gasteiger partial charge on any atom is 0.228 e. The molecule has 3 nitrogen and oxygen atoms in total. The van der Waals surface area contributed by atoms with Crippen LogP contribution in [0.4, 0.5) is 10.1 Å². The first kappa shape index (κ1) is 11.1. The molecule has 2 rings (SSSR count). The zero-order valence-electron chi connectivity index (χ0n) is 9.29. The highest BCUT2D eigenvalue weighted by molar-refractivity contribution is 5.95. The Morgan fingerprint density at radius 1 is 1.56 bits per heavy atom. The van der Waals surface area contributed by atoms with Crippen LogP contribution in [0.5, 0.6) is 0 Å². The van der Waals surface area contributed by atoms with Crippen molar-refractivity contribution in [2.24, 2.45) is 0 Å². The van der Waals surface area contributed by atoms with Gasteiger partial charge in [0, 0.05) is 19.5 Å². The zero-order valence-corrected chi connectivity index (χ0v) is 9.29. The standard InChI is InChI=1S/C12H15FN2O/c1-14-7-5-11(16)15-8-6-9-3-2-4-10(13)12(9)15/h2-4,14H,5-8H2,1H3. The van der Waals surface area contributed by atoms with Crippen LogP contribution >= 0.6 is 0 Å². The number of hydrogen-bond acceptors (Lipinski definition) is 2. The Kier molecular flexibility index (Phi) is 3.19. The minimum Gasteiger partial charge on any atom is -0.319 e. The van der Waals surface area contributed by atoms with Gasteiger partial charge < -0.3 is 10.2 Å². The van der Waals surface area contributed by atoms with Gasteiger partial charge in [0.15, 0.2) is 0 Å². The molecule has 0 saturated carbocycles.